The monoisotopic (exact) mass is 316 g/mol. The van der Waals surface area contributed by atoms with Crippen LogP contribution < -0.4 is 10.0 Å². The van der Waals surface area contributed by atoms with E-state index in [0.717, 1.165) is 6.42 Å². The largest absolute Gasteiger partial charge is 0.383 e. The first-order valence-corrected chi connectivity index (χ1v) is 9.41. The first-order chi connectivity index (χ1) is 9.32. The van der Waals surface area contributed by atoms with Crippen LogP contribution in [0.3, 0.4) is 0 Å². The van der Waals surface area contributed by atoms with E-state index in [1.165, 1.54) is 0 Å². The SMILES string of the molecule is CCCNS(=O)(=O)c1ccccc1NCC(C)(C)SC. The Morgan fingerprint density at radius 2 is 1.90 bits per heavy atom. The molecule has 0 radical (unpaired) electrons. The number of para-hydroxylation sites is 1. The van der Waals surface area contributed by atoms with Gasteiger partial charge in [-0.25, -0.2) is 13.1 Å². The van der Waals surface area contributed by atoms with Crippen LogP contribution in [0.4, 0.5) is 5.69 Å². The molecule has 0 spiro atoms. The van der Waals surface area contributed by atoms with Crippen molar-refractivity contribution >= 4 is 27.5 Å². The molecular weight excluding hydrogens is 292 g/mol. The van der Waals surface area contributed by atoms with Gasteiger partial charge < -0.3 is 5.32 Å². The van der Waals surface area contributed by atoms with Crippen LogP contribution in [0.25, 0.3) is 0 Å². The van der Waals surface area contributed by atoms with Gasteiger partial charge in [-0.1, -0.05) is 19.1 Å². The molecule has 0 saturated carbocycles. The molecule has 4 nitrogen and oxygen atoms in total. The third-order valence-corrected chi connectivity index (χ3v) is 5.74. The molecule has 0 amide bonds. The van der Waals surface area contributed by atoms with Crippen molar-refractivity contribution in [2.75, 3.05) is 24.7 Å². The summed E-state index contributed by atoms with van der Waals surface area (Å²) in [7, 11) is -3.45. The molecule has 1 rings (SSSR count). The fourth-order valence-electron chi connectivity index (χ4n) is 1.54. The van der Waals surface area contributed by atoms with Gasteiger partial charge in [0, 0.05) is 17.8 Å². The Balaban J connectivity index is 2.94. The second-order valence-corrected chi connectivity index (χ2v) is 8.46. The molecule has 1 aromatic rings. The Kier molecular flexibility index (Phi) is 6.36. The third-order valence-electron chi connectivity index (χ3n) is 2.98. The van der Waals surface area contributed by atoms with E-state index >= 15 is 0 Å². The lowest BCUT2D eigenvalue weighted by atomic mass is 10.2. The Morgan fingerprint density at radius 1 is 1.25 bits per heavy atom. The highest BCUT2D eigenvalue weighted by atomic mass is 32.2. The van der Waals surface area contributed by atoms with Crippen molar-refractivity contribution in [3.8, 4) is 0 Å². The summed E-state index contributed by atoms with van der Waals surface area (Å²) in [6, 6.07) is 7.02. The summed E-state index contributed by atoms with van der Waals surface area (Å²) in [5, 5.41) is 3.25. The molecule has 0 unspecified atom stereocenters. The zero-order valence-corrected chi connectivity index (χ0v) is 14.2. The van der Waals surface area contributed by atoms with E-state index < -0.39 is 10.0 Å². The Labute approximate surface area is 126 Å². The Morgan fingerprint density at radius 3 is 2.50 bits per heavy atom. The molecule has 0 bridgehead atoms. The van der Waals surface area contributed by atoms with Crippen molar-refractivity contribution in [3.63, 3.8) is 0 Å². The molecule has 0 aliphatic carbocycles. The fourth-order valence-corrected chi connectivity index (χ4v) is 3.07. The summed E-state index contributed by atoms with van der Waals surface area (Å²) in [4.78, 5) is 0.311. The normalized spacial score (nSPS) is 12.4. The van der Waals surface area contributed by atoms with Gasteiger partial charge in [-0.15, -0.1) is 0 Å². The molecule has 114 valence electrons. The van der Waals surface area contributed by atoms with E-state index in [1.807, 2.05) is 19.2 Å². The van der Waals surface area contributed by atoms with Gasteiger partial charge in [-0.05, 0) is 38.7 Å². The molecule has 2 N–H and O–H groups in total. The first kappa shape index (κ1) is 17.3. The van der Waals surface area contributed by atoms with Gasteiger partial charge in [-0.3, -0.25) is 0 Å². The van der Waals surface area contributed by atoms with Crippen molar-refractivity contribution in [2.45, 2.75) is 36.8 Å². The summed E-state index contributed by atoms with van der Waals surface area (Å²) < 4.78 is 27.2. The van der Waals surface area contributed by atoms with E-state index in [1.54, 1.807) is 30.0 Å². The van der Waals surface area contributed by atoms with Crippen LogP contribution in [-0.2, 0) is 10.0 Å². The number of nitrogens with one attached hydrogen (secondary N) is 2. The van der Waals surface area contributed by atoms with Crippen LogP contribution in [0.15, 0.2) is 29.2 Å². The zero-order chi connectivity index (χ0) is 15.2. The van der Waals surface area contributed by atoms with Crippen LogP contribution in [0, 0.1) is 0 Å². The minimum Gasteiger partial charge on any atom is -0.383 e. The number of benzene rings is 1. The maximum absolute atomic E-state index is 12.2. The lowest BCUT2D eigenvalue weighted by Crippen LogP contribution is -2.28. The quantitative estimate of drug-likeness (QED) is 0.774. The highest BCUT2D eigenvalue weighted by Crippen LogP contribution is 2.25. The Bertz CT molecular complexity index is 528. The van der Waals surface area contributed by atoms with E-state index in [9.17, 15) is 8.42 Å². The number of thioether (sulfide) groups is 1. The molecule has 0 aliphatic heterocycles. The maximum Gasteiger partial charge on any atom is 0.242 e. The van der Waals surface area contributed by atoms with Gasteiger partial charge in [0.05, 0.1) is 5.69 Å². The van der Waals surface area contributed by atoms with Crippen molar-refractivity contribution in [1.82, 2.24) is 4.72 Å². The van der Waals surface area contributed by atoms with Crippen LogP contribution in [-0.4, -0.2) is 32.5 Å². The lowest BCUT2D eigenvalue weighted by Gasteiger charge is -2.24. The van der Waals surface area contributed by atoms with Crippen LogP contribution in [0.5, 0.6) is 0 Å². The van der Waals surface area contributed by atoms with Gasteiger partial charge in [0.15, 0.2) is 0 Å². The number of hydrogen-bond acceptors (Lipinski definition) is 4. The summed E-state index contributed by atoms with van der Waals surface area (Å²) in [5.41, 5.74) is 0.651. The van der Waals surface area contributed by atoms with Crippen LogP contribution in [0.1, 0.15) is 27.2 Å². The Hall–Kier alpha value is -0.720. The molecule has 1 aromatic carbocycles. The predicted octanol–water partition coefficient (Wildman–Crippen LogP) is 2.93. The van der Waals surface area contributed by atoms with Gasteiger partial charge in [-0.2, -0.15) is 11.8 Å². The maximum atomic E-state index is 12.2. The smallest absolute Gasteiger partial charge is 0.242 e. The molecule has 6 heteroatoms. The van der Waals surface area contributed by atoms with Crippen molar-refractivity contribution in [2.24, 2.45) is 0 Å². The van der Waals surface area contributed by atoms with Gasteiger partial charge in [0.1, 0.15) is 4.90 Å². The van der Waals surface area contributed by atoms with Crippen molar-refractivity contribution in [1.29, 1.82) is 0 Å². The molecule has 0 fully saturated rings. The lowest BCUT2D eigenvalue weighted by molar-refractivity contribution is 0.581. The van der Waals surface area contributed by atoms with Crippen molar-refractivity contribution < 1.29 is 8.42 Å². The number of anilines is 1. The molecule has 0 atom stereocenters. The summed E-state index contributed by atoms with van der Waals surface area (Å²) >= 11 is 1.75. The summed E-state index contributed by atoms with van der Waals surface area (Å²) in [5.74, 6) is 0. The van der Waals surface area contributed by atoms with E-state index in [2.05, 4.69) is 23.9 Å². The predicted molar refractivity (Wildman–Crippen MR) is 88.0 cm³/mol. The minimum atomic E-state index is -3.45. The van der Waals surface area contributed by atoms with Gasteiger partial charge >= 0.3 is 0 Å². The van der Waals surface area contributed by atoms with Crippen LogP contribution in [0.2, 0.25) is 0 Å². The van der Waals surface area contributed by atoms with E-state index in [4.69, 9.17) is 0 Å². The molecule has 20 heavy (non-hydrogen) atoms. The second kappa shape index (κ2) is 7.33. The van der Waals surface area contributed by atoms with E-state index in [0.29, 0.717) is 23.7 Å². The number of rotatable bonds is 8. The first-order valence-electron chi connectivity index (χ1n) is 6.70. The highest BCUT2D eigenvalue weighted by molar-refractivity contribution is 7.99. The average Bonchev–Trinajstić information content (AvgIpc) is 2.43. The third kappa shape index (κ3) is 5.00. The molecule has 0 aliphatic rings. The van der Waals surface area contributed by atoms with Crippen molar-refractivity contribution in [3.05, 3.63) is 24.3 Å². The summed E-state index contributed by atoms with van der Waals surface area (Å²) in [6.07, 6.45) is 2.82. The average molecular weight is 316 g/mol. The topological polar surface area (TPSA) is 58.2 Å². The standard InChI is InChI=1S/C14H24N2O2S2/c1-5-10-16-20(17,18)13-9-7-6-8-12(13)15-11-14(2,3)19-4/h6-9,15-16H,5,10-11H2,1-4H3. The second-order valence-electron chi connectivity index (χ2n) is 5.21. The summed E-state index contributed by atoms with van der Waals surface area (Å²) in [6.45, 7) is 7.34. The number of sulfonamides is 1. The molecule has 0 heterocycles. The van der Waals surface area contributed by atoms with Gasteiger partial charge in [0.2, 0.25) is 10.0 Å². The zero-order valence-electron chi connectivity index (χ0n) is 12.6. The van der Waals surface area contributed by atoms with E-state index in [-0.39, 0.29) is 4.75 Å². The molecular formula is C14H24N2O2S2. The fraction of sp³-hybridized carbons (Fsp3) is 0.571. The minimum absolute atomic E-state index is 0.0493. The molecule has 0 aromatic heterocycles. The van der Waals surface area contributed by atoms with Gasteiger partial charge in [0.25, 0.3) is 0 Å². The highest BCUT2D eigenvalue weighted by Gasteiger charge is 2.20. The molecule has 0 saturated heterocycles. The number of hydrogen-bond donors (Lipinski definition) is 2. The van der Waals surface area contributed by atoms with Crippen LogP contribution >= 0.6 is 11.8 Å².